The minimum atomic E-state index is -0.218. The van der Waals surface area contributed by atoms with E-state index in [1.807, 2.05) is 26.8 Å². The first-order valence-corrected chi connectivity index (χ1v) is 8.13. The third-order valence-electron chi connectivity index (χ3n) is 4.21. The Morgan fingerprint density at radius 3 is 2.72 bits per heavy atom. The number of benzene rings is 2. The number of rotatable bonds is 4. The van der Waals surface area contributed by atoms with Crippen molar-refractivity contribution in [1.82, 2.24) is 9.78 Å². The lowest BCUT2D eigenvalue weighted by molar-refractivity contribution is 0.102. The van der Waals surface area contributed by atoms with Crippen molar-refractivity contribution in [3.63, 3.8) is 0 Å². The second kappa shape index (κ2) is 6.91. The van der Waals surface area contributed by atoms with Gasteiger partial charge < -0.3 is 10.4 Å². The maximum atomic E-state index is 12.6. The van der Waals surface area contributed by atoms with Gasteiger partial charge in [-0.2, -0.15) is 5.10 Å². The average molecular weight is 335 g/mol. The highest BCUT2D eigenvalue weighted by atomic mass is 16.3. The van der Waals surface area contributed by atoms with Crippen LogP contribution in [0.25, 0.3) is 5.69 Å². The number of carbonyl (C=O) groups is 1. The number of nitrogens with one attached hydrogen (secondary N) is 1. The molecule has 1 aromatic heterocycles. The van der Waals surface area contributed by atoms with Crippen molar-refractivity contribution in [3.8, 4) is 5.69 Å². The van der Waals surface area contributed by atoms with Crippen LogP contribution in [0.15, 0.2) is 48.7 Å². The van der Waals surface area contributed by atoms with Crippen LogP contribution in [0.1, 0.15) is 32.7 Å². The maximum Gasteiger partial charge on any atom is 0.259 e. The molecule has 0 spiro atoms. The number of aryl methyl sites for hydroxylation is 2. The zero-order chi connectivity index (χ0) is 18.0. The Morgan fingerprint density at radius 2 is 1.96 bits per heavy atom. The van der Waals surface area contributed by atoms with Crippen molar-refractivity contribution in [3.05, 3.63) is 76.6 Å². The molecule has 3 aromatic rings. The molecule has 2 aromatic carbocycles. The highest BCUT2D eigenvalue weighted by Gasteiger charge is 2.16. The molecule has 5 heteroatoms. The fourth-order valence-electron chi connectivity index (χ4n) is 2.77. The maximum absolute atomic E-state index is 12.6. The molecule has 0 saturated heterocycles. The molecule has 0 unspecified atom stereocenters. The number of amides is 1. The molecule has 5 nitrogen and oxygen atoms in total. The van der Waals surface area contributed by atoms with Gasteiger partial charge in [0.05, 0.1) is 29.7 Å². The first kappa shape index (κ1) is 16.9. The molecule has 0 saturated carbocycles. The number of aliphatic hydroxyl groups excluding tert-OH is 1. The standard InChI is InChI=1S/C20H21N3O2/c1-13-7-8-14(2)19(9-13)23-15(3)18(11-21-23)20(25)22-17-6-4-5-16(10-17)12-24/h4-11,24H,12H2,1-3H3,(H,22,25). The van der Waals surface area contributed by atoms with Crippen LogP contribution in [0.5, 0.6) is 0 Å². The molecule has 1 amide bonds. The third kappa shape index (κ3) is 3.46. The van der Waals surface area contributed by atoms with E-state index in [1.54, 1.807) is 35.1 Å². The minimum absolute atomic E-state index is 0.0622. The van der Waals surface area contributed by atoms with Crippen LogP contribution < -0.4 is 5.32 Å². The lowest BCUT2D eigenvalue weighted by atomic mass is 10.1. The number of hydrogen-bond donors (Lipinski definition) is 2. The summed E-state index contributed by atoms with van der Waals surface area (Å²) in [6.45, 7) is 5.88. The zero-order valence-corrected chi connectivity index (χ0v) is 14.6. The van der Waals surface area contributed by atoms with Gasteiger partial charge in [0.1, 0.15) is 0 Å². The monoisotopic (exact) mass is 335 g/mol. The van der Waals surface area contributed by atoms with Gasteiger partial charge in [0.25, 0.3) is 5.91 Å². The van der Waals surface area contributed by atoms with E-state index in [-0.39, 0.29) is 12.5 Å². The SMILES string of the molecule is Cc1ccc(C)c(-n2ncc(C(=O)Nc3cccc(CO)c3)c2C)c1. The summed E-state index contributed by atoms with van der Waals surface area (Å²) in [6.07, 6.45) is 1.59. The van der Waals surface area contributed by atoms with Crippen LogP contribution in [-0.4, -0.2) is 20.8 Å². The first-order valence-electron chi connectivity index (χ1n) is 8.13. The Bertz CT molecular complexity index is 928. The fraction of sp³-hybridized carbons (Fsp3) is 0.200. The van der Waals surface area contributed by atoms with E-state index in [9.17, 15) is 9.90 Å². The van der Waals surface area contributed by atoms with Crippen molar-refractivity contribution in [1.29, 1.82) is 0 Å². The van der Waals surface area contributed by atoms with Crippen LogP contribution in [0.4, 0.5) is 5.69 Å². The van der Waals surface area contributed by atoms with Crippen molar-refractivity contribution >= 4 is 11.6 Å². The van der Waals surface area contributed by atoms with E-state index >= 15 is 0 Å². The van der Waals surface area contributed by atoms with Crippen LogP contribution in [0.2, 0.25) is 0 Å². The number of aromatic nitrogens is 2. The molecule has 0 radical (unpaired) electrons. The van der Waals surface area contributed by atoms with Crippen LogP contribution in [-0.2, 0) is 6.61 Å². The largest absolute Gasteiger partial charge is 0.392 e. The molecule has 0 aliphatic heterocycles. The smallest absolute Gasteiger partial charge is 0.259 e. The number of hydrogen-bond acceptors (Lipinski definition) is 3. The number of nitrogens with zero attached hydrogens (tertiary/aromatic N) is 2. The topological polar surface area (TPSA) is 67.2 Å². The van der Waals surface area contributed by atoms with E-state index in [2.05, 4.69) is 22.5 Å². The zero-order valence-electron chi connectivity index (χ0n) is 14.6. The van der Waals surface area contributed by atoms with E-state index < -0.39 is 0 Å². The molecule has 0 atom stereocenters. The Kier molecular flexibility index (Phi) is 4.67. The summed E-state index contributed by atoms with van der Waals surface area (Å²) in [5.41, 5.74) is 5.91. The van der Waals surface area contributed by atoms with Gasteiger partial charge in [-0.1, -0.05) is 24.3 Å². The van der Waals surface area contributed by atoms with Gasteiger partial charge in [0.15, 0.2) is 0 Å². The summed E-state index contributed by atoms with van der Waals surface area (Å²) in [6, 6.07) is 13.3. The van der Waals surface area contributed by atoms with Crippen molar-refractivity contribution in [2.75, 3.05) is 5.32 Å². The van der Waals surface area contributed by atoms with Crippen LogP contribution in [0, 0.1) is 20.8 Å². The molecule has 3 rings (SSSR count). The van der Waals surface area contributed by atoms with Gasteiger partial charge in [-0.05, 0) is 55.7 Å². The van der Waals surface area contributed by atoms with Crippen molar-refractivity contribution < 1.29 is 9.90 Å². The Labute approximate surface area is 146 Å². The summed E-state index contributed by atoms with van der Waals surface area (Å²) >= 11 is 0. The Morgan fingerprint density at radius 1 is 1.16 bits per heavy atom. The molecule has 2 N–H and O–H groups in total. The van der Waals surface area contributed by atoms with Gasteiger partial charge >= 0.3 is 0 Å². The quantitative estimate of drug-likeness (QED) is 0.766. The van der Waals surface area contributed by atoms with Crippen LogP contribution in [0.3, 0.4) is 0 Å². The number of carbonyl (C=O) groups excluding carboxylic acids is 1. The molecule has 0 aliphatic carbocycles. The Hall–Kier alpha value is -2.92. The summed E-state index contributed by atoms with van der Waals surface area (Å²) in [5, 5.41) is 16.5. The molecule has 0 fully saturated rings. The van der Waals surface area contributed by atoms with E-state index in [0.29, 0.717) is 11.3 Å². The van der Waals surface area contributed by atoms with Gasteiger partial charge in [0.2, 0.25) is 0 Å². The minimum Gasteiger partial charge on any atom is -0.392 e. The summed E-state index contributed by atoms with van der Waals surface area (Å²) in [7, 11) is 0. The molecule has 0 bridgehead atoms. The van der Waals surface area contributed by atoms with E-state index in [4.69, 9.17) is 0 Å². The highest BCUT2D eigenvalue weighted by Crippen LogP contribution is 2.20. The average Bonchev–Trinajstić information content (AvgIpc) is 2.98. The molecule has 128 valence electrons. The fourth-order valence-corrected chi connectivity index (χ4v) is 2.77. The molecule has 1 heterocycles. The normalized spacial score (nSPS) is 10.7. The van der Waals surface area contributed by atoms with E-state index in [1.165, 1.54) is 0 Å². The first-order chi connectivity index (χ1) is 12.0. The summed E-state index contributed by atoms with van der Waals surface area (Å²) in [4.78, 5) is 12.6. The van der Waals surface area contributed by atoms with Gasteiger partial charge in [-0.25, -0.2) is 4.68 Å². The molecular weight excluding hydrogens is 314 g/mol. The predicted octanol–water partition coefficient (Wildman–Crippen LogP) is 3.54. The highest BCUT2D eigenvalue weighted by molar-refractivity contribution is 6.05. The lowest BCUT2D eigenvalue weighted by Crippen LogP contribution is -2.13. The molecule has 0 aliphatic rings. The molecule has 25 heavy (non-hydrogen) atoms. The third-order valence-corrected chi connectivity index (χ3v) is 4.21. The second-order valence-electron chi connectivity index (χ2n) is 6.16. The predicted molar refractivity (Wildman–Crippen MR) is 98.1 cm³/mol. The Balaban J connectivity index is 1.90. The molecular formula is C20H21N3O2. The number of aliphatic hydroxyl groups is 1. The van der Waals surface area contributed by atoms with Gasteiger partial charge in [-0.15, -0.1) is 0 Å². The van der Waals surface area contributed by atoms with Gasteiger partial charge in [-0.3, -0.25) is 4.79 Å². The summed E-state index contributed by atoms with van der Waals surface area (Å²) < 4.78 is 1.79. The van der Waals surface area contributed by atoms with Crippen molar-refractivity contribution in [2.45, 2.75) is 27.4 Å². The second-order valence-corrected chi connectivity index (χ2v) is 6.16. The summed E-state index contributed by atoms with van der Waals surface area (Å²) in [5.74, 6) is -0.218. The van der Waals surface area contributed by atoms with Crippen LogP contribution >= 0.6 is 0 Å². The van der Waals surface area contributed by atoms with E-state index in [0.717, 1.165) is 28.1 Å². The lowest BCUT2D eigenvalue weighted by Gasteiger charge is -2.10. The van der Waals surface area contributed by atoms with Crippen molar-refractivity contribution in [2.24, 2.45) is 0 Å². The number of anilines is 1. The van der Waals surface area contributed by atoms with Gasteiger partial charge in [0, 0.05) is 5.69 Å².